The lowest BCUT2D eigenvalue weighted by Crippen LogP contribution is -2.40. The summed E-state index contributed by atoms with van der Waals surface area (Å²) in [6.45, 7) is -0.112. The number of carbonyl (C=O) groups excluding carboxylic acids is 1. The van der Waals surface area contributed by atoms with Gasteiger partial charge in [-0.15, -0.1) is 0 Å². The second-order valence-corrected chi connectivity index (χ2v) is 5.53. The summed E-state index contributed by atoms with van der Waals surface area (Å²) in [5, 5.41) is 21.1. The maximum absolute atomic E-state index is 12.4. The van der Waals surface area contributed by atoms with Gasteiger partial charge < -0.3 is 20.3 Å². The highest BCUT2D eigenvalue weighted by atomic mass is 16.5. The molecule has 1 aromatic carbocycles. The van der Waals surface area contributed by atoms with Crippen LogP contribution in [0.5, 0.6) is 0 Å². The van der Waals surface area contributed by atoms with Crippen molar-refractivity contribution in [2.45, 2.75) is 31.7 Å². The Bertz CT molecular complexity index is 573. The first-order valence-corrected chi connectivity index (χ1v) is 6.99. The number of hydrogen-bond donors (Lipinski definition) is 3. The molecule has 0 saturated carbocycles. The number of carbonyl (C=O) groups is 2. The average Bonchev–Trinajstić information content (AvgIpc) is 3.07. The first-order chi connectivity index (χ1) is 10.1. The number of aliphatic hydroxyl groups is 1. The van der Waals surface area contributed by atoms with Crippen LogP contribution < -0.4 is 5.32 Å². The number of ether oxygens (including phenoxy) is 1. The minimum Gasteiger partial charge on any atom is -0.481 e. The van der Waals surface area contributed by atoms with Gasteiger partial charge in [-0.05, 0) is 30.5 Å². The molecule has 0 aromatic heterocycles. The lowest BCUT2D eigenvalue weighted by Gasteiger charge is -2.23. The normalized spacial score (nSPS) is 30.3. The lowest BCUT2D eigenvalue weighted by molar-refractivity contribution is -0.147. The second kappa shape index (κ2) is 5.46. The fourth-order valence-electron chi connectivity index (χ4n) is 3.30. The molecule has 2 fully saturated rings. The number of rotatable bonds is 4. The van der Waals surface area contributed by atoms with Crippen LogP contribution in [-0.4, -0.2) is 34.3 Å². The van der Waals surface area contributed by atoms with Crippen molar-refractivity contribution in [1.29, 1.82) is 0 Å². The predicted molar refractivity (Wildman–Crippen MR) is 73.5 cm³/mol. The number of benzene rings is 1. The number of anilines is 1. The van der Waals surface area contributed by atoms with E-state index in [1.165, 1.54) is 0 Å². The number of carboxylic acids is 1. The zero-order valence-electron chi connectivity index (χ0n) is 11.4. The van der Waals surface area contributed by atoms with Gasteiger partial charge in [-0.1, -0.05) is 12.1 Å². The van der Waals surface area contributed by atoms with E-state index in [1.54, 1.807) is 24.3 Å². The van der Waals surface area contributed by atoms with Crippen LogP contribution in [0.25, 0.3) is 0 Å². The van der Waals surface area contributed by atoms with Gasteiger partial charge in [0.15, 0.2) is 0 Å². The quantitative estimate of drug-likeness (QED) is 0.769. The molecule has 6 heteroatoms. The largest absolute Gasteiger partial charge is 0.481 e. The van der Waals surface area contributed by atoms with Crippen molar-refractivity contribution in [2.24, 2.45) is 11.8 Å². The van der Waals surface area contributed by atoms with Crippen molar-refractivity contribution in [3.63, 3.8) is 0 Å². The average molecular weight is 291 g/mol. The molecule has 112 valence electrons. The summed E-state index contributed by atoms with van der Waals surface area (Å²) in [6.07, 6.45) is 0.762. The van der Waals surface area contributed by atoms with Crippen LogP contribution in [-0.2, 0) is 20.9 Å². The van der Waals surface area contributed by atoms with E-state index in [2.05, 4.69) is 5.32 Å². The Balaban J connectivity index is 1.76. The maximum atomic E-state index is 12.4. The Morgan fingerprint density at radius 2 is 1.95 bits per heavy atom. The van der Waals surface area contributed by atoms with E-state index in [1.807, 2.05) is 0 Å². The number of aliphatic carboxylic acids is 1. The summed E-state index contributed by atoms with van der Waals surface area (Å²) >= 11 is 0. The summed E-state index contributed by atoms with van der Waals surface area (Å²) in [4.78, 5) is 23.8. The molecule has 3 N–H and O–H groups in total. The van der Waals surface area contributed by atoms with Gasteiger partial charge in [0.1, 0.15) is 0 Å². The molecule has 0 radical (unpaired) electrons. The molecular formula is C15H17NO5. The molecule has 0 aliphatic carbocycles. The van der Waals surface area contributed by atoms with E-state index in [0.717, 1.165) is 6.42 Å². The van der Waals surface area contributed by atoms with E-state index in [-0.39, 0.29) is 24.7 Å². The Labute approximate surface area is 121 Å². The van der Waals surface area contributed by atoms with Gasteiger partial charge in [0.05, 0.1) is 30.7 Å². The fraction of sp³-hybridized carbons (Fsp3) is 0.467. The zero-order valence-corrected chi connectivity index (χ0v) is 11.4. The van der Waals surface area contributed by atoms with Crippen molar-refractivity contribution in [3.05, 3.63) is 29.8 Å². The molecule has 2 unspecified atom stereocenters. The summed E-state index contributed by atoms with van der Waals surface area (Å²) in [7, 11) is 0. The van der Waals surface area contributed by atoms with Crippen LogP contribution in [0.4, 0.5) is 5.69 Å². The Morgan fingerprint density at radius 1 is 1.24 bits per heavy atom. The molecule has 2 saturated heterocycles. The Kier molecular flexibility index (Phi) is 3.65. The molecule has 0 spiro atoms. The van der Waals surface area contributed by atoms with Crippen molar-refractivity contribution >= 4 is 17.6 Å². The van der Waals surface area contributed by atoms with E-state index in [4.69, 9.17) is 9.84 Å². The highest BCUT2D eigenvalue weighted by Gasteiger charge is 2.55. The van der Waals surface area contributed by atoms with Crippen LogP contribution in [0.3, 0.4) is 0 Å². The van der Waals surface area contributed by atoms with Gasteiger partial charge in [-0.25, -0.2) is 0 Å². The summed E-state index contributed by atoms with van der Waals surface area (Å²) in [5.74, 6) is -2.74. The molecule has 2 heterocycles. The van der Waals surface area contributed by atoms with Crippen molar-refractivity contribution in [2.75, 3.05) is 5.32 Å². The van der Waals surface area contributed by atoms with Crippen LogP contribution in [0.2, 0.25) is 0 Å². The topological polar surface area (TPSA) is 95.9 Å². The van der Waals surface area contributed by atoms with Gasteiger partial charge in [0.2, 0.25) is 5.91 Å². The smallest absolute Gasteiger partial charge is 0.310 e. The molecule has 1 amide bonds. The van der Waals surface area contributed by atoms with Gasteiger partial charge in [-0.2, -0.15) is 0 Å². The number of fused-ring (bicyclic) bond motifs is 2. The second-order valence-electron chi connectivity index (χ2n) is 5.53. The molecule has 2 aliphatic heterocycles. The van der Waals surface area contributed by atoms with Gasteiger partial charge in [0, 0.05) is 5.69 Å². The Morgan fingerprint density at radius 3 is 2.62 bits per heavy atom. The third-order valence-electron chi connectivity index (χ3n) is 4.24. The van der Waals surface area contributed by atoms with Crippen LogP contribution in [0.1, 0.15) is 18.4 Å². The minimum absolute atomic E-state index is 0.112. The third-order valence-corrected chi connectivity index (χ3v) is 4.24. The maximum Gasteiger partial charge on any atom is 0.310 e. The number of hydrogen-bond acceptors (Lipinski definition) is 4. The molecular weight excluding hydrogens is 274 g/mol. The van der Waals surface area contributed by atoms with Gasteiger partial charge in [0.25, 0.3) is 0 Å². The summed E-state index contributed by atoms with van der Waals surface area (Å²) < 4.78 is 5.58. The van der Waals surface area contributed by atoms with Crippen LogP contribution in [0, 0.1) is 11.8 Å². The monoisotopic (exact) mass is 291 g/mol. The molecule has 4 atom stereocenters. The fourth-order valence-corrected chi connectivity index (χ4v) is 3.30. The van der Waals surface area contributed by atoms with Crippen LogP contribution >= 0.6 is 0 Å². The molecule has 2 bridgehead atoms. The van der Waals surface area contributed by atoms with Crippen molar-refractivity contribution in [1.82, 2.24) is 0 Å². The molecule has 6 nitrogen and oxygen atoms in total. The molecule has 2 aliphatic rings. The summed E-state index contributed by atoms with van der Waals surface area (Å²) in [6, 6.07) is 6.85. The van der Waals surface area contributed by atoms with Gasteiger partial charge in [-0.3, -0.25) is 9.59 Å². The van der Waals surface area contributed by atoms with Crippen molar-refractivity contribution < 1.29 is 24.5 Å². The van der Waals surface area contributed by atoms with E-state index >= 15 is 0 Å². The molecule has 3 rings (SSSR count). The SMILES string of the molecule is O=C(O)C1C(C(=O)Nc2cccc(CO)c2)[C@H]2CC[C@@H]1O2. The highest BCUT2D eigenvalue weighted by Crippen LogP contribution is 2.44. The highest BCUT2D eigenvalue weighted by molar-refractivity contribution is 5.96. The van der Waals surface area contributed by atoms with Crippen molar-refractivity contribution in [3.8, 4) is 0 Å². The predicted octanol–water partition coefficient (Wildman–Crippen LogP) is 0.996. The molecule has 21 heavy (non-hydrogen) atoms. The number of carboxylic acid groups (broad SMARTS) is 1. The molecule has 1 aromatic rings. The zero-order chi connectivity index (χ0) is 15.0. The van der Waals surface area contributed by atoms with E-state index < -0.39 is 17.8 Å². The number of nitrogens with one attached hydrogen (secondary N) is 1. The third kappa shape index (κ3) is 2.52. The first-order valence-electron chi connectivity index (χ1n) is 6.99. The number of amides is 1. The lowest BCUT2D eigenvalue weighted by atomic mass is 9.78. The van der Waals surface area contributed by atoms with Gasteiger partial charge >= 0.3 is 5.97 Å². The first kappa shape index (κ1) is 14.0. The Hall–Kier alpha value is -1.92. The minimum atomic E-state index is -0.980. The summed E-state index contributed by atoms with van der Waals surface area (Å²) in [5.41, 5.74) is 1.24. The van der Waals surface area contributed by atoms with Crippen LogP contribution in [0.15, 0.2) is 24.3 Å². The van der Waals surface area contributed by atoms with E-state index in [0.29, 0.717) is 17.7 Å². The van der Waals surface area contributed by atoms with E-state index in [9.17, 15) is 14.7 Å². The number of aliphatic hydroxyl groups excluding tert-OH is 1. The standard InChI is InChI=1S/C15H17NO5/c17-7-8-2-1-3-9(6-8)16-14(18)12-10-4-5-11(21-10)13(12)15(19)20/h1-3,6,10-13,17H,4-5,7H2,(H,16,18)(H,19,20)/t10-,11+,12?,13?/m1/s1.